The van der Waals surface area contributed by atoms with Crippen LogP contribution in [0.4, 0.5) is 0 Å². The van der Waals surface area contributed by atoms with Crippen molar-refractivity contribution in [1.29, 1.82) is 5.26 Å². The summed E-state index contributed by atoms with van der Waals surface area (Å²) in [6.45, 7) is 3.94. The van der Waals surface area contributed by atoms with E-state index in [1.54, 1.807) is 38.1 Å². The molecule has 2 unspecified atom stereocenters. The van der Waals surface area contributed by atoms with Crippen LogP contribution in [0.2, 0.25) is 0 Å². The van der Waals surface area contributed by atoms with Crippen LogP contribution < -0.4 is 10.1 Å². The zero-order valence-electron chi connectivity index (χ0n) is 12.2. The molecule has 0 radical (unpaired) electrons. The molecule has 0 saturated heterocycles. The third kappa shape index (κ3) is 5.81. The Morgan fingerprint density at radius 2 is 2.19 bits per heavy atom. The molecule has 6 heteroatoms. The molecule has 1 aromatic rings. The van der Waals surface area contributed by atoms with Gasteiger partial charge >= 0.3 is 5.97 Å². The lowest BCUT2D eigenvalue weighted by atomic mass is 10.2. The summed E-state index contributed by atoms with van der Waals surface area (Å²) in [6.07, 6.45) is -0.798. The molecule has 114 valence electrons. The predicted octanol–water partition coefficient (Wildman–Crippen LogP) is 0.839. The van der Waals surface area contributed by atoms with E-state index >= 15 is 0 Å². The van der Waals surface area contributed by atoms with E-state index in [4.69, 9.17) is 14.7 Å². The average Bonchev–Trinajstić information content (AvgIpc) is 2.50. The van der Waals surface area contributed by atoms with Crippen LogP contribution in [0, 0.1) is 11.3 Å². The number of hydrogen-bond acceptors (Lipinski definition) is 6. The quantitative estimate of drug-likeness (QED) is 0.690. The fourth-order valence-electron chi connectivity index (χ4n) is 1.59. The first-order chi connectivity index (χ1) is 10.1. The molecule has 0 fully saturated rings. The van der Waals surface area contributed by atoms with Crippen molar-refractivity contribution >= 4 is 5.97 Å². The van der Waals surface area contributed by atoms with Crippen molar-refractivity contribution in [1.82, 2.24) is 5.32 Å². The van der Waals surface area contributed by atoms with Gasteiger partial charge < -0.3 is 19.9 Å². The van der Waals surface area contributed by atoms with Gasteiger partial charge in [0.15, 0.2) is 0 Å². The van der Waals surface area contributed by atoms with Crippen molar-refractivity contribution in [3.63, 3.8) is 0 Å². The second-order valence-corrected chi connectivity index (χ2v) is 4.45. The molecular formula is C15H20N2O4. The molecule has 0 amide bonds. The number of nitrogens with zero attached hydrogens (tertiary/aromatic N) is 1. The fourth-order valence-corrected chi connectivity index (χ4v) is 1.59. The van der Waals surface area contributed by atoms with Crippen LogP contribution >= 0.6 is 0 Å². The average molecular weight is 292 g/mol. The van der Waals surface area contributed by atoms with Crippen molar-refractivity contribution in [2.45, 2.75) is 26.0 Å². The molecule has 0 aromatic heterocycles. The summed E-state index contributed by atoms with van der Waals surface area (Å²) in [6, 6.07) is 8.32. The number of ether oxygens (including phenoxy) is 2. The molecule has 0 heterocycles. The lowest BCUT2D eigenvalue weighted by Crippen LogP contribution is -2.41. The zero-order valence-corrected chi connectivity index (χ0v) is 12.2. The standard InChI is InChI=1S/C15H20N2O4/c1-3-20-15(19)11(2)17-9-13(18)10-21-14-7-5-4-6-12(14)8-16/h4-7,11,13,17-18H,3,9-10H2,1-2H3. The van der Waals surface area contributed by atoms with Crippen LogP contribution in [0.3, 0.4) is 0 Å². The SMILES string of the molecule is CCOC(=O)C(C)NCC(O)COc1ccccc1C#N. The summed E-state index contributed by atoms with van der Waals surface area (Å²) in [4.78, 5) is 11.4. The van der Waals surface area contributed by atoms with Gasteiger partial charge in [-0.3, -0.25) is 4.79 Å². The normalized spacial score (nSPS) is 13.0. The van der Waals surface area contributed by atoms with E-state index in [1.807, 2.05) is 6.07 Å². The molecule has 21 heavy (non-hydrogen) atoms. The first-order valence-electron chi connectivity index (χ1n) is 6.78. The fraction of sp³-hybridized carbons (Fsp3) is 0.467. The maximum Gasteiger partial charge on any atom is 0.322 e. The number of nitrogens with one attached hydrogen (secondary N) is 1. The highest BCUT2D eigenvalue weighted by molar-refractivity contribution is 5.75. The highest BCUT2D eigenvalue weighted by Gasteiger charge is 2.15. The summed E-state index contributed by atoms with van der Waals surface area (Å²) >= 11 is 0. The maximum atomic E-state index is 11.4. The van der Waals surface area contributed by atoms with Gasteiger partial charge in [-0.05, 0) is 26.0 Å². The summed E-state index contributed by atoms with van der Waals surface area (Å²) < 4.78 is 10.2. The minimum Gasteiger partial charge on any atom is -0.489 e. The van der Waals surface area contributed by atoms with Crippen LogP contribution in [0.5, 0.6) is 5.75 Å². The molecule has 0 aliphatic carbocycles. The van der Waals surface area contributed by atoms with Gasteiger partial charge in [0, 0.05) is 6.54 Å². The highest BCUT2D eigenvalue weighted by atomic mass is 16.5. The van der Waals surface area contributed by atoms with Crippen molar-refractivity contribution in [3.05, 3.63) is 29.8 Å². The Morgan fingerprint density at radius 3 is 2.86 bits per heavy atom. The molecule has 1 aromatic carbocycles. The second-order valence-electron chi connectivity index (χ2n) is 4.45. The van der Waals surface area contributed by atoms with E-state index in [-0.39, 0.29) is 19.1 Å². The number of rotatable bonds is 8. The first kappa shape index (κ1) is 17.0. The smallest absolute Gasteiger partial charge is 0.322 e. The Balaban J connectivity index is 2.36. The molecular weight excluding hydrogens is 272 g/mol. The first-order valence-corrected chi connectivity index (χ1v) is 6.78. The maximum absolute atomic E-state index is 11.4. The topological polar surface area (TPSA) is 91.6 Å². The van der Waals surface area contributed by atoms with Gasteiger partial charge in [0.2, 0.25) is 0 Å². The molecule has 1 rings (SSSR count). The summed E-state index contributed by atoms with van der Waals surface area (Å²) in [7, 11) is 0. The van der Waals surface area contributed by atoms with Crippen molar-refractivity contribution in [2.75, 3.05) is 19.8 Å². The number of esters is 1. The van der Waals surface area contributed by atoms with Crippen LogP contribution in [0.25, 0.3) is 0 Å². The number of carbonyl (C=O) groups excluding carboxylic acids is 1. The van der Waals surface area contributed by atoms with Crippen molar-refractivity contribution in [2.24, 2.45) is 0 Å². The van der Waals surface area contributed by atoms with Gasteiger partial charge in [-0.25, -0.2) is 0 Å². The predicted molar refractivity (Wildman–Crippen MR) is 76.8 cm³/mol. The number of hydrogen-bond donors (Lipinski definition) is 2. The zero-order chi connectivity index (χ0) is 15.7. The van der Waals surface area contributed by atoms with Gasteiger partial charge in [0.05, 0.1) is 12.2 Å². The van der Waals surface area contributed by atoms with Gasteiger partial charge in [-0.1, -0.05) is 12.1 Å². The number of para-hydroxylation sites is 1. The molecule has 6 nitrogen and oxygen atoms in total. The van der Waals surface area contributed by atoms with E-state index in [0.717, 1.165) is 0 Å². The number of carbonyl (C=O) groups is 1. The Bertz CT molecular complexity index is 499. The number of benzene rings is 1. The molecule has 2 N–H and O–H groups in total. The largest absolute Gasteiger partial charge is 0.489 e. The minimum atomic E-state index is -0.798. The molecule has 0 aliphatic heterocycles. The third-order valence-electron chi connectivity index (χ3n) is 2.74. The van der Waals surface area contributed by atoms with E-state index in [1.165, 1.54) is 0 Å². The summed E-state index contributed by atoms with van der Waals surface area (Å²) in [5, 5.41) is 21.6. The monoisotopic (exact) mass is 292 g/mol. The Kier molecular flexibility index (Phi) is 7.23. The van der Waals surface area contributed by atoms with Crippen LogP contribution in [-0.4, -0.2) is 43.0 Å². The number of aliphatic hydroxyl groups excluding tert-OH is 1. The van der Waals surface area contributed by atoms with Gasteiger partial charge in [-0.15, -0.1) is 0 Å². The van der Waals surface area contributed by atoms with Gasteiger partial charge in [0.1, 0.15) is 30.6 Å². The van der Waals surface area contributed by atoms with Crippen LogP contribution in [-0.2, 0) is 9.53 Å². The van der Waals surface area contributed by atoms with E-state index in [9.17, 15) is 9.90 Å². The van der Waals surface area contributed by atoms with Gasteiger partial charge in [0.25, 0.3) is 0 Å². The molecule has 0 bridgehead atoms. The van der Waals surface area contributed by atoms with E-state index < -0.39 is 12.1 Å². The van der Waals surface area contributed by atoms with E-state index in [2.05, 4.69) is 5.32 Å². The lowest BCUT2D eigenvalue weighted by molar-refractivity contribution is -0.145. The van der Waals surface area contributed by atoms with Crippen molar-refractivity contribution < 1.29 is 19.4 Å². The second kappa shape index (κ2) is 8.95. The third-order valence-corrected chi connectivity index (χ3v) is 2.74. The molecule has 0 spiro atoms. The van der Waals surface area contributed by atoms with Crippen LogP contribution in [0.1, 0.15) is 19.4 Å². The number of nitriles is 1. The number of aliphatic hydroxyl groups is 1. The van der Waals surface area contributed by atoms with E-state index in [0.29, 0.717) is 17.9 Å². The molecule has 2 atom stereocenters. The molecule has 0 aliphatic rings. The Morgan fingerprint density at radius 1 is 1.48 bits per heavy atom. The Labute approximate surface area is 124 Å². The Hall–Kier alpha value is -2.10. The minimum absolute atomic E-state index is 0.0290. The lowest BCUT2D eigenvalue weighted by Gasteiger charge is -2.17. The summed E-state index contributed by atoms with van der Waals surface area (Å²) in [5.74, 6) is 0.0675. The summed E-state index contributed by atoms with van der Waals surface area (Å²) in [5.41, 5.74) is 0.414. The van der Waals surface area contributed by atoms with Crippen molar-refractivity contribution in [3.8, 4) is 11.8 Å². The highest BCUT2D eigenvalue weighted by Crippen LogP contribution is 2.16. The van der Waals surface area contributed by atoms with Gasteiger partial charge in [-0.2, -0.15) is 5.26 Å². The molecule has 0 saturated carbocycles. The van der Waals surface area contributed by atoms with Crippen LogP contribution in [0.15, 0.2) is 24.3 Å².